The molecule has 3 aliphatic rings. The van der Waals surface area contributed by atoms with Crippen LogP contribution in [-0.2, 0) is 28.0 Å². The molecule has 5 aromatic carbocycles. The highest BCUT2D eigenvalue weighted by molar-refractivity contribution is 7.99. The van der Waals surface area contributed by atoms with E-state index < -0.39 is 31.1 Å². The fourth-order valence-corrected chi connectivity index (χ4v) is 15.5. The number of hydrogen-bond acceptors (Lipinski definition) is 12. The van der Waals surface area contributed by atoms with Crippen molar-refractivity contribution >= 4 is 82.6 Å². The highest BCUT2D eigenvalue weighted by Gasteiger charge is 2.41. The molecule has 0 amide bonds. The summed E-state index contributed by atoms with van der Waals surface area (Å²) in [7, 11) is -12.1. The number of thioether (sulfide) groups is 1. The monoisotopic (exact) mass is 1140 g/mol. The number of benzene rings is 5. The predicted molar refractivity (Wildman–Crippen MR) is 310 cm³/mol. The number of aromatic nitrogens is 1. The van der Waals surface area contributed by atoms with E-state index in [1.165, 1.54) is 6.07 Å². The lowest BCUT2D eigenvalue weighted by molar-refractivity contribution is 0.0696. The first-order valence-corrected chi connectivity index (χ1v) is 32.3. The third-order valence-corrected chi connectivity index (χ3v) is 20.3. The Kier molecular flexibility index (Phi) is 17.7. The van der Waals surface area contributed by atoms with E-state index in [1.54, 1.807) is 28.6 Å². The van der Waals surface area contributed by atoms with Crippen molar-refractivity contribution in [2.75, 3.05) is 97.4 Å². The van der Waals surface area contributed by atoms with Crippen LogP contribution in [0.2, 0.25) is 5.02 Å². The number of aromatic carboxylic acids is 1. The summed E-state index contributed by atoms with van der Waals surface area (Å²) in [4.78, 5) is 39.3. The van der Waals surface area contributed by atoms with E-state index in [4.69, 9.17) is 30.4 Å². The number of anilines is 4. The zero-order valence-corrected chi connectivity index (χ0v) is 47.9. The summed E-state index contributed by atoms with van der Waals surface area (Å²) in [6, 6.07) is 38.4. The maximum atomic E-state index is 15.1. The summed E-state index contributed by atoms with van der Waals surface area (Å²) >= 11 is 7.97. The number of piperidine rings is 1. The van der Waals surface area contributed by atoms with Crippen molar-refractivity contribution in [2.24, 2.45) is 5.92 Å². The normalized spacial score (nSPS) is 18.3. The third kappa shape index (κ3) is 13.3. The van der Waals surface area contributed by atoms with Gasteiger partial charge in [-0.25, -0.2) is 17.8 Å². The van der Waals surface area contributed by atoms with Gasteiger partial charge in [-0.05, 0) is 149 Å². The maximum Gasteiger partial charge on any atom is 0.469 e. The summed E-state index contributed by atoms with van der Waals surface area (Å²) in [5.74, 6) is -0.268. The number of nitrogens with zero attached hydrogens (tertiary/aromatic N) is 5. The number of halogens is 1. The van der Waals surface area contributed by atoms with E-state index in [9.17, 15) is 22.9 Å². The van der Waals surface area contributed by atoms with Gasteiger partial charge in [0, 0.05) is 95.1 Å². The molecule has 1 aromatic heterocycles. The number of rotatable bonds is 20. The molecule has 6 aromatic rings. The van der Waals surface area contributed by atoms with Crippen LogP contribution in [0.1, 0.15) is 55.2 Å². The minimum absolute atomic E-state index is 0.00678. The second kappa shape index (κ2) is 24.1. The number of phosphoric acid groups is 1. The lowest BCUT2D eigenvalue weighted by Gasteiger charge is -2.37. The minimum Gasteiger partial charge on any atom is -0.478 e. The van der Waals surface area contributed by atoms with E-state index in [0.29, 0.717) is 51.7 Å². The molecule has 4 N–H and O–H groups in total. The van der Waals surface area contributed by atoms with Gasteiger partial charge in [0.05, 0.1) is 46.9 Å². The van der Waals surface area contributed by atoms with Crippen LogP contribution in [0.4, 0.5) is 22.7 Å². The first-order valence-electron chi connectivity index (χ1n) is 25.9. The topological polar surface area (TPSA) is 194 Å². The number of sulfone groups is 1. The smallest absolute Gasteiger partial charge is 0.469 e. The van der Waals surface area contributed by atoms with Crippen LogP contribution in [0.25, 0.3) is 22.4 Å². The van der Waals surface area contributed by atoms with Gasteiger partial charge in [-0.2, -0.15) is 0 Å². The summed E-state index contributed by atoms with van der Waals surface area (Å²) in [6.07, 6.45) is 3.35. The molecule has 4 heterocycles. The first kappa shape index (κ1) is 56.6. The number of phosphoric ester groups is 1. The lowest BCUT2D eigenvalue weighted by atomic mass is 9.96. The molecule has 0 aliphatic carbocycles. The largest absolute Gasteiger partial charge is 0.478 e. The molecule has 0 radical (unpaired) electrons. The van der Waals surface area contributed by atoms with Crippen LogP contribution in [0.3, 0.4) is 0 Å². The Bertz CT molecular complexity index is 3260. The van der Waals surface area contributed by atoms with Crippen LogP contribution >= 0.6 is 38.7 Å². The Hall–Kier alpha value is -5.10. The van der Waals surface area contributed by atoms with Gasteiger partial charge in [0.2, 0.25) is 0 Å². The zero-order valence-electron chi connectivity index (χ0n) is 43.7. The summed E-state index contributed by atoms with van der Waals surface area (Å²) in [6.45, 7) is 11.7. The Morgan fingerprint density at radius 3 is 2.14 bits per heavy atom. The molecule has 2 atom stereocenters. The molecule has 16 nitrogen and oxygen atoms in total. The molecule has 3 fully saturated rings. The molecule has 0 unspecified atom stereocenters. The second-order valence-corrected chi connectivity index (χ2v) is 27.3. The Labute approximate surface area is 461 Å². The Balaban J connectivity index is 0.879. The van der Waals surface area contributed by atoms with E-state index >= 15 is 4.57 Å². The van der Waals surface area contributed by atoms with E-state index in [1.807, 2.05) is 97.9 Å². The van der Waals surface area contributed by atoms with Gasteiger partial charge in [0.15, 0.2) is 9.84 Å². The average Bonchev–Trinajstić information content (AvgIpc) is 3.99. The van der Waals surface area contributed by atoms with Crippen LogP contribution in [0, 0.1) is 12.8 Å². The zero-order chi connectivity index (χ0) is 54.6. The van der Waals surface area contributed by atoms with Gasteiger partial charge in [-0.1, -0.05) is 54.1 Å². The molecule has 77 heavy (non-hydrogen) atoms. The summed E-state index contributed by atoms with van der Waals surface area (Å²) in [5, 5.41) is 15.0. The number of carbonyl (C=O) groups is 1. The SMILES string of the molecule is Cc1c(C(=O)O)c(-c2cccc(N3CCN(c4ccc(N5CCO[P@@]5(=O)c5ccc(N[C@H](CCN6CCC(COP(=O)(O)O)CC6)CSc6ccccc6)c(S(C)(=O)=O)c5)cc4)CC3)c2)c(-c2ccc(Cl)cc2)n1C(C)C. The number of likely N-dealkylation sites (tertiary alicyclic amines) is 1. The molecule has 3 saturated heterocycles. The van der Waals surface area contributed by atoms with Crippen LogP contribution in [0.5, 0.6) is 0 Å². The highest BCUT2D eigenvalue weighted by atomic mass is 35.5. The summed E-state index contributed by atoms with van der Waals surface area (Å²) in [5.41, 5.74) is 7.33. The third-order valence-electron chi connectivity index (χ3n) is 14.7. The van der Waals surface area contributed by atoms with Crippen molar-refractivity contribution in [3.63, 3.8) is 0 Å². The number of hydrogen-bond donors (Lipinski definition) is 4. The van der Waals surface area contributed by atoms with Crippen molar-refractivity contribution in [1.82, 2.24) is 9.47 Å². The van der Waals surface area contributed by atoms with Gasteiger partial charge >= 0.3 is 21.3 Å². The molecule has 9 rings (SSSR count). The van der Waals surface area contributed by atoms with Crippen molar-refractivity contribution in [1.29, 1.82) is 0 Å². The fraction of sp³-hybridized carbons (Fsp3) is 0.375. The quantitative estimate of drug-likeness (QED) is 0.0416. The maximum absolute atomic E-state index is 15.1. The van der Waals surface area contributed by atoms with E-state index in [2.05, 4.69) is 50.6 Å². The second-order valence-electron chi connectivity index (χ2n) is 20.3. The lowest BCUT2D eigenvalue weighted by Crippen LogP contribution is -2.46. The molecule has 0 spiro atoms. The number of carboxylic acids is 1. The molecule has 21 heteroatoms. The van der Waals surface area contributed by atoms with Crippen LogP contribution < -0.4 is 25.1 Å². The first-order chi connectivity index (χ1) is 36.8. The molecule has 3 aliphatic heterocycles. The number of carboxylic acid groups (broad SMARTS) is 1. The van der Waals surface area contributed by atoms with Crippen LogP contribution in [-0.4, -0.2) is 122 Å². The molecule has 0 bridgehead atoms. The van der Waals surface area contributed by atoms with Crippen LogP contribution in [0.15, 0.2) is 131 Å². The fourth-order valence-electron chi connectivity index (χ4n) is 10.8. The van der Waals surface area contributed by atoms with Crippen molar-refractivity contribution in [3.05, 3.63) is 138 Å². The highest BCUT2D eigenvalue weighted by Crippen LogP contribution is 2.56. The van der Waals surface area contributed by atoms with Crippen molar-refractivity contribution < 1.29 is 46.3 Å². The molecular weight excluding hydrogens is 1080 g/mol. The Morgan fingerprint density at radius 1 is 0.844 bits per heavy atom. The van der Waals surface area contributed by atoms with Gasteiger partial charge in [-0.3, -0.25) is 13.8 Å². The van der Waals surface area contributed by atoms with E-state index in [-0.39, 0.29) is 41.7 Å². The number of piperazine rings is 1. The van der Waals surface area contributed by atoms with Gasteiger partial charge < -0.3 is 44.0 Å². The Morgan fingerprint density at radius 2 is 1.51 bits per heavy atom. The predicted octanol–water partition coefficient (Wildman–Crippen LogP) is 10.9. The standard InChI is InChI=1S/C56H67ClN6O10P2S2/c1-39(2)63-40(3)53(56(64)65)54(55(63)42-13-15-44(57)16-14-42)43-9-8-10-48(35-43)61-31-29-60(30-32-61)46-17-19-47(20-18-46)62-33-34-72-74(62,66)49-21-22-51(52(36-49)77(4,70)71)58-45(38-76-50-11-6-5-7-12-50)25-28-59-26-23-41(24-27-59)37-73-75(67,68)69/h5-22,35-36,39,41,45,58H,23-34,37-38H2,1-4H3,(H,64,65)(H2,67,68,69)/t45-,74+/m1/s1. The van der Waals surface area contributed by atoms with Gasteiger partial charge in [0.1, 0.15) is 0 Å². The van der Waals surface area contributed by atoms with Gasteiger partial charge in [-0.15, -0.1) is 11.8 Å². The summed E-state index contributed by atoms with van der Waals surface area (Å²) < 4.78 is 68.2. The molecular formula is C56H67ClN6O10P2S2. The van der Waals surface area contributed by atoms with Crippen molar-refractivity contribution in [3.8, 4) is 22.4 Å². The molecule has 410 valence electrons. The average molecular weight is 1150 g/mol. The van der Waals surface area contributed by atoms with Gasteiger partial charge in [0.25, 0.3) is 0 Å². The van der Waals surface area contributed by atoms with E-state index in [0.717, 1.165) is 98.0 Å². The molecule has 0 saturated carbocycles. The van der Waals surface area contributed by atoms with Crippen molar-refractivity contribution in [2.45, 2.75) is 61.9 Å². The number of nitrogens with one attached hydrogen (secondary N) is 1. The minimum atomic E-state index is -4.53.